The predicted molar refractivity (Wildman–Crippen MR) is 93.1 cm³/mol. The van der Waals surface area contributed by atoms with Crippen LogP contribution in [0.2, 0.25) is 0 Å². The van der Waals surface area contributed by atoms with E-state index in [-0.39, 0.29) is 0 Å². The average molecular weight is 382 g/mol. The minimum atomic E-state index is -4.37. The fourth-order valence-corrected chi connectivity index (χ4v) is 2.92. The lowest BCUT2D eigenvalue weighted by Gasteiger charge is -2.35. The van der Waals surface area contributed by atoms with Gasteiger partial charge in [0.25, 0.3) is 0 Å². The quantitative estimate of drug-likeness (QED) is 0.647. The molecule has 1 saturated heterocycles. The van der Waals surface area contributed by atoms with Gasteiger partial charge in [0.1, 0.15) is 18.8 Å². The van der Waals surface area contributed by atoms with Crippen molar-refractivity contribution in [3.8, 4) is 0 Å². The van der Waals surface area contributed by atoms with Crippen molar-refractivity contribution in [2.45, 2.75) is 18.8 Å². The monoisotopic (exact) mass is 382 g/mol. The Balaban J connectivity index is 1.62. The van der Waals surface area contributed by atoms with Crippen molar-refractivity contribution in [3.63, 3.8) is 0 Å². The lowest BCUT2D eigenvalue weighted by Crippen LogP contribution is -2.48. The highest BCUT2D eigenvalue weighted by molar-refractivity contribution is 5.80. The average Bonchev–Trinajstić information content (AvgIpc) is 3.18. The molecule has 10 heteroatoms. The van der Waals surface area contributed by atoms with Crippen molar-refractivity contribution in [1.82, 2.24) is 25.0 Å². The van der Waals surface area contributed by atoms with Crippen LogP contribution in [-0.2, 0) is 17.5 Å². The summed E-state index contributed by atoms with van der Waals surface area (Å²) in [7, 11) is 1.67. The lowest BCUT2D eigenvalue weighted by atomic mass is 10.0. The molecule has 146 valence electrons. The summed E-state index contributed by atoms with van der Waals surface area (Å²) in [6.07, 6.45) is -1.72. The fraction of sp³-hybridized carbons (Fsp3) is 0.471. The Morgan fingerprint density at radius 2 is 2.26 bits per heavy atom. The number of guanidine groups is 1. The lowest BCUT2D eigenvalue weighted by molar-refractivity contribution is -0.137. The smallest absolute Gasteiger partial charge is 0.370 e. The van der Waals surface area contributed by atoms with E-state index in [4.69, 9.17) is 4.74 Å². The second kappa shape index (κ2) is 8.38. The first-order valence-electron chi connectivity index (χ1n) is 8.54. The molecule has 1 fully saturated rings. The molecule has 2 heterocycles. The Labute approximate surface area is 154 Å². The minimum absolute atomic E-state index is 0.407. The van der Waals surface area contributed by atoms with Crippen LogP contribution in [0, 0.1) is 0 Å². The molecule has 1 atom stereocenters. The van der Waals surface area contributed by atoms with Gasteiger partial charge in [-0.3, -0.25) is 9.67 Å². The van der Waals surface area contributed by atoms with Gasteiger partial charge in [0.15, 0.2) is 5.96 Å². The second-order valence-corrected chi connectivity index (χ2v) is 6.06. The van der Waals surface area contributed by atoms with E-state index in [0.717, 1.165) is 12.1 Å². The molecule has 3 rings (SSSR count). The minimum Gasteiger partial charge on any atom is -0.370 e. The maximum Gasteiger partial charge on any atom is 0.416 e. The van der Waals surface area contributed by atoms with E-state index in [1.807, 2.05) is 4.90 Å². The molecule has 7 nitrogen and oxygen atoms in total. The number of morpholine rings is 1. The van der Waals surface area contributed by atoms with Crippen LogP contribution < -0.4 is 5.32 Å². The first kappa shape index (κ1) is 19.2. The molecule has 1 aromatic carbocycles. The number of rotatable bonds is 4. The second-order valence-electron chi connectivity index (χ2n) is 6.06. The first-order valence-corrected chi connectivity index (χ1v) is 8.54. The third kappa shape index (κ3) is 4.97. The molecule has 1 unspecified atom stereocenters. The van der Waals surface area contributed by atoms with Gasteiger partial charge in [-0.1, -0.05) is 12.1 Å². The maximum atomic E-state index is 13.0. The van der Waals surface area contributed by atoms with Crippen molar-refractivity contribution in [1.29, 1.82) is 0 Å². The summed E-state index contributed by atoms with van der Waals surface area (Å²) in [5.41, 5.74) is -0.163. The van der Waals surface area contributed by atoms with Crippen LogP contribution in [0.15, 0.2) is 41.9 Å². The number of hydrogen-bond donors (Lipinski definition) is 1. The third-order valence-corrected chi connectivity index (χ3v) is 4.25. The van der Waals surface area contributed by atoms with E-state index < -0.39 is 17.8 Å². The highest BCUT2D eigenvalue weighted by atomic mass is 19.4. The van der Waals surface area contributed by atoms with Crippen molar-refractivity contribution >= 4 is 5.96 Å². The Morgan fingerprint density at radius 3 is 2.96 bits per heavy atom. The van der Waals surface area contributed by atoms with Crippen LogP contribution in [-0.4, -0.2) is 58.9 Å². The van der Waals surface area contributed by atoms with Gasteiger partial charge in [-0.15, -0.1) is 0 Å². The molecule has 0 radical (unpaired) electrons. The number of hydrogen-bond acceptors (Lipinski definition) is 4. The molecule has 1 aliphatic rings. The van der Waals surface area contributed by atoms with Gasteiger partial charge < -0.3 is 15.0 Å². The Kier molecular flexibility index (Phi) is 5.94. The molecular weight excluding hydrogens is 361 g/mol. The number of aromatic nitrogens is 3. The van der Waals surface area contributed by atoms with Gasteiger partial charge in [-0.25, -0.2) is 4.98 Å². The number of aliphatic imine (C=N–C) groups is 1. The highest BCUT2D eigenvalue weighted by Gasteiger charge is 2.32. The normalized spacial score (nSPS) is 18.6. The summed E-state index contributed by atoms with van der Waals surface area (Å²) in [5.74, 6) is 0.676. The van der Waals surface area contributed by atoms with Crippen molar-refractivity contribution < 1.29 is 17.9 Å². The van der Waals surface area contributed by atoms with Gasteiger partial charge in [0.2, 0.25) is 0 Å². The summed E-state index contributed by atoms with van der Waals surface area (Å²) in [6.45, 7) is 2.66. The van der Waals surface area contributed by atoms with Crippen LogP contribution in [0.1, 0.15) is 17.2 Å². The number of alkyl halides is 3. The zero-order valence-electron chi connectivity index (χ0n) is 14.9. The number of benzene rings is 1. The summed E-state index contributed by atoms with van der Waals surface area (Å²) in [4.78, 5) is 10.1. The van der Waals surface area contributed by atoms with Crippen LogP contribution >= 0.6 is 0 Å². The van der Waals surface area contributed by atoms with Gasteiger partial charge >= 0.3 is 6.18 Å². The van der Waals surface area contributed by atoms with E-state index in [1.165, 1.54) is 12.4 Å². The van der Waals surface area contributed by atoms with Crippen LogP contribution in [0.3, 0.4) is 0 Å². The molecule has 1 aliphatic heterocycles. The van der Waals surface area contributed by atoms with Gasteiger partial charge in [0.05, 0.1) is 25.3 Å². The molecule has 1 aromatic heterocycles. The van der Waals surface area contributed by atoms with Crippen molar-refractivity contribution in [3.05, 3.63) is 48.0 Å². The Morgan fingerprint density at radius 1 is 1.41 bits per heavy atom. The molecular formula is C17H21F3N6O. The topological polar surface area (TPSA) is 67.6 Å². The number of ether oxygens (including phenoxy) is 1. The molecule has 1 N–H and O–H groups in total. The van der Waals surface area contributed by atoms with E-state index in [9.17, 15) is 13.2 Å². The molecule has 0 bridgehead atoms. The van der Waals surface area contributed by atoms with Gasteiger partial charge in [-0.05, 0) is 17.7 Å². The zero-order valence-corrected chi connectivity index (χ0v) is 14.9. The summed E-state index contributed by atoms with van der Waals surface area (Å²) < 4.78 is 46.3. The molecule has 2 aromatic rings. The van der Waals surface area contributed by atoms with E-state index >= 15 is 0 Å². The number of nitrogens with one attached hydrogen (secondary N) is 1. The summed E-state index contributed by atoms with van der Waals surface area (Å²) in [5, 5.41) is 7.27. The molecule has 0 saturated carbocycles. The summed E-state index contributed by atoms with van der Waals surface area (Å²) >= 11 is 0. The molecule has 0 spiro atoms. The largest absolute Gasteiger partial charge is 0.416 e. The maximum absolute atomic E-state index is 13.0. The first-order chi connectivity index (χ1) is 13.0. The summed E-state index contributed by atoms with van der Waals surface area (Å²) in [6, 6.07) is 5.28. The SMILES string of the molecule is CN=C(NCCn1cncn1)N1CCOC(c2cccc(C(F)(F)F)c2)C1. The Bertz CT molecular complexity index is 762. The molecule has 27 heavy (non-hydrogen) atoms. The zero-order chi connectivity index (χ0) is 19.3. The number of halogens is 3. The van der Waals surface area contributed by atoms with Gasteiger partial charge in [0, 0.05) is 20.1 Å². The van der Waals surface area contributed by atoms with E-state index in [0.29, 0.717) is 44.3 Å². The van der Waals surface area contributed by atoms with Crippen molar-refractivity contribution in [2.75, 3.05) is 33.3 Å². The van der Waals surface area contributed by atoms with E-state index in [2.05, 4.69) is 20.4 Å². The highest BCUT2D eigenvalue weighted by Crippen LogP contribution is 2.32. The molecule has 0 amide bonds. The third-order valence-electron chi connectivity index (χ3n) is 4.25. The van der Waals surface area contributed by atoms with E-state index in [1.54, 1.807) is 24.1 Å². The van der Waals surface area contributed by atoms with Gasteiger partial charge in [-0.2, -0.15) is 18.3 Å². The Hall–Kier alpha value is -2.62. The van der Waals surface area contributed by atoms with Crippen LogP contribution in [0.25, 0.3) is 0 Å². The predicted octanol–water partition coefficient (Wildman–Crippen LogP) is 1.95. The van der Waals surface area contributed by atoms with Crippen molar-refractivity contribution in [2.24, 2.45) is 4.99 Å². The standard InChI is InChI=1S/C17H21F3N6O/c1-21-16(23-5-6-26-12-22-11-24-26)25-7-8-27-15(10-25)13-3-2-4-14(9-13)17(18,19)20/h2-4,9,11-12,15H,5-8,10H2,1H3,(H,21,23). The van der Waals surface area contributed by atoms with Crippen LogP contribution in [0.4, 0.5) is 13.2 Å². The number of nitrogens with zero attached hydrogens (tertiary/aromatic N) is 5. The fourth-order valence-electron chi connectivity index (χ4n) is 2.92. The van der Waals surface area contributed by atoms with Crippen LogP contribution in [0.5, 0.6) is 0 Å². The molecule has 0 aliphatic carbocycles.